The second kappa shape index (κ2) is 9.38. The summed E-state index contributed by atoms with van der Waals surface area (Å²) in [6.45, 7) is 3.06. The van der Waals surface area contributed by atoms with Gasteiger partial charge in [-0.2, -0.15) is 0 Å². The molecule has 5 nitrogen and oxygen atoms in total. The summed E-state index contributed by atoms with van der Waals surface area (Å²) in [5.74, 6) is 0.548. The average molecular weight is 304 g/mol. The van der Waals surface area contributed by atoms with Gasteiger partial charge in [0.2, 0.25) is 5.95 Å². The number of carbonyl (C=O) groups is 1. The lowest BCUT2D eigenvalue weighted by atomic mass is 10.1. The first-order valence-corrected chi connectivity index (χ1v) is 8.66. The van der Waals surface area contributed by atoms with Crippen LogP contribution in [0.2, 0.25) is 0 Å². The third-order valence-corrected chi connectivity index (χ3v) is 4.17. The molecule has 1 fully saturated rings. The molecule has 22 heavy (non-hydrogen) atoms. The van der Waals surface area contributed by atoms with Gasteiger partial charge in [-0.1, -0.05) is 45.4 Å². The predicted molar refractivity (Wildman–Crippen MR) is 89.0 cm³/mol. The van der Waals surface area contributed by atoms with E-state index in [0.29, 0.717) is 17.6 Å². The quantitative estimate of drug-likeness (QED) is 0.597. The molecule has 1 heterocycles. The summed E-state index contributed by atoms with van der Waals surface area (Å²) >= 11 is 0. The SMILES string of the molecule is CCCCCNc1ncc(C(=O)NC2CCCCCC2)cn1. The number of rotatable bonds is 7. The van der Waals surface area contributed by atoms with Crippen LogP contribution in [-0.4, -0.2) is 28.5 Å². The van der Waals surface area contributed by atoms with Crippen molar-refractivity contribution >= 4 is 11.9 Å². The highest BCUT2D eigenvalue weighted by Gasteiger charge is 2.16. The second-order valence-corrected chi connectivity index (χ2v) is 6.09. The molecule has 1 aromatic rings. The number of carbonyl (C=O) groups excluding carboxylic acids is 1. The molecular weight excluding hydrogens is 276 g/mol. The summed E-state index contributed by atoms with van der Waals surface area (Å²) in [6.07, 6.45) is 13.9. The van der Waals surface area contributed by atoms with E-state index in [-0.39, 0.29) is 5.91 Å². The van der Waals surface area contributed by atoms with Crippen LogP contribution in [0.4, 0.5) is 5.95 Å². The number of hydrogen-bond acceptors (Lipinski definition) is 4. The smallest absolute Gasteiger partial charge is 0.254 e. The van der Waals surface area contributed by atoms with Gasteiger partial charge in [0.1, 0.15) is 0 Å². The van der Waals surface area contributed by atoms with E-state index >= 15 is 0 Å². The van der Waals surface area contributed by atoms with E-state index in [1.165, 1.54) is 38.5 Å². The summed E-state index contributed by atoms with van der Waals surface area (Å²) in [4.78, 5) is 20.7. The Morgan fingerprint density at radius 1 is 1.14 bits per heavy atom. The van der Waals surface area contributed by atoms with Gasteiger partial charge in [0, 0.05) is 25.0 Å². The monoisotopic (exact) mass is 304 g/mol. The van der Waals surface area contributed by atoms with Crippen LogP contribution in [0.25, 0.3) is 0 Å². The Balaban J connectivity index is 1.79. The first kappa shape index (κ1) is 16.7. The second-order valence-electron chi connectivity index (χ2n) is 6.09. The third kappa shape index (κ3) is 5.62. The van der Waals surface area contributed by atoms with Gasteiger partial charge in [-0.15, -0.1) is 0 Å². The standard InChI is InChI=1S/C17H28N4O/c1-2-3-8-11-18-17-19-12-14(13-20-17)16(22)21-15-9-6-4-5-7-10-15/h12-13,15H,2-11H2,1H3,(H,21,22)(H,18,19,20). The summed E-state index contributed by atoms with van der Waals surface area (Å²) in [7, 11) is 0. The number of hydrogen-bond donors (Lipinski definition) is 2. The Morgan fingerprint density at radius 3 is 2.45 bits per heavy atom. The van der Waals surface area contributed by atoms with E-state index in [9.17, 15) is 4.79 Å². The van der Waals surface area contributed by atoms with Crippen LogP contribution < -0.4 is 10.6 Å². The van der Waals surface area contributed by atoms with Gasteiger partial charge in [0.15, 0.2) is 0 Å². The minimum absolute atomic E-state index is 0.0515. The van der Waals surface area contributed by atoms with E-state index in [1.807, 2.05) is 0 Å². The lowest BCUT2D eigenvalue weighted by Crippen LogP contribution is -2.34. The lowest BCUT2D eigenvalue weighted by Gasteiger charge is -2.16. The van der Waals surface area contributed by atoms with Crippen LogP contribution in [0.5, 0.6) is 0 Å². The average Bonchev–Trinajstić information content (AvgIpc) is 2.81. The number of unbranched alkanes of at least 4 members (excludes halogenated alkanes) is 2. The molecule has 0 aliphatic heterocycles. The lowest BCUT2D eigenvalue weighted by molar-refractivity contribution is 0.0932. The molecule has 1 aromatic heterocycles. The van der Waals surface area contributed by atoms with E-state index < -0.39 is 0 Å². The van der Waals surface area contributed by atoms with Gasteiger partial charge >= 0.3 is 0 Å². The highest BCUT2D eigenvalue weighted by atomic mass is 16.1. The first-order chi connectivity index (χ1) is 10.8. The van der Waals surface area contributed by atoms with Crippen molar-refractivity contribution in [3.05, 3.63) is 18.0 Å². The molecule has 1 aliphatic carbocycles. The highest BCUT2D eigenvalue weighted by Crippen LogP contribution is 2.17. The molecule has 0 aromatic carbocycles. The fourth-order valence-corrected chi connectivity index (χ4v) is 2.80. The van der Waals surface area contributed by atoms with Crippen molar-refractivity contribution in [2.24, 2.45) is 0 Å². The minimum Gasteiger partial charge on any atom is -0.354 e. The fourth-order valence-electron chi connectivity index (χ4n) is 2.80. The number of nitrogens with one attached hydrogen (secondary N) is 2. The molecule has 122 valence electrons. The molecule has 0 atom stereocenters. The first-order valence-electron chi connectivity index (χ1n) is 8.66. The number of anilines is 1. The molecule has 0 saturated heterocycles. The topological polar surface area (TPSA) is 66.9 Å². The van der Waals surface area contributed by atoms with Gasteiger partial charge in [0.05, 0.1) is 5.56 Å². The number of aromatic nitrogens is 2. The zero-order valence-corrected chi connectivity index (χ0v) is 13.6. The Kier molecular flexibility index (Phi) is 7.13. The van der Waals surface area contributed by atoms with Crippen molar-refractivity contribution in [2.75, 3.05) is 11.9 Å². The van der Waals surface area contributed by atoms with Gasteiger partial charge in [0.25, 0.3) is 5.91 Å². The Morgan fingerprint density at radius 2 is 1.82 bits per heavy atom. The van der Waals surface area contributed by atoms with Crippen LogP contribution in [0.15, 0.2) is 12.4 Å². The van der Waals surface area contributed by atoms with Crippen molar-refractivity contribution in [3.63, 3.8) is 0 Å². The molecule has 1 amide bonds. The van der Waals surface area contributed by atoms with Crippen molar-refractivity contribution in [1.82, 2.24) is 15.3 Å². The molecule has 0 bridgehead atoms. The minimum atomic E-state index is -0.0515. The predicted octanol–water partition coefficient (Wildman–Crippen LogP) is 3.53. The van der Waals surface area contributed by atoms with Gasteiger partial charge in [-0.05, 0) is 19.3 Å². The van der Waals surface area contributed by atoms with Crippen LogP contribution in [0, 0.1) is 0 Å². The summed E-state index contributed by atoms with van der Waals surface area (Å²) in [5.41, 5.74) is 0.545. The summed E-state index contributed by atoms with van der Waals surface area (Å²) in [5, 5.41) is 6.30. The van der Waals surface area contributed by atoms with Crippen molar-refractivity contribution < 1.29 is 4.79 Å². The normalized spacial score (nSPS) is 16.0. The van der Waals surface area contributed by atoms with Crippen molar-refractivity contribution in [1.29, 1.82) is 0 Å². The molecule has 5 heteroatoms. The Labute approximate surface area is 133 Å². The van der Waals surface area contributed by atoms with Crippen LogP contribution in [-0.2, 0) is 0 Å². The third-order valence-electron chi connectivity index (χ3n) is 4.17. The Hall–Kier alpha value is -1.65. The van der Waals surface area contributed by atoms with Gasteiger partial charge < -0.3 is 10.6 Å². The fraction of sp³-hybridized carbons (Fsp3) is 0.706. The molecule has 1 saturated carbocycles. The number of nitrogens with zero attached hydrogens (tertiary/aromatic N) is 2. The molecular formula is C17H28N4O. The molecule has 0 radical (unpaired) electrons. The van der Waals surface area contributed by atoms with E-state index in [1.54, 1.807) is 12.4 Å². The van der Waals surface area contributed by atoms with E-state index in [4.69, 9.17) is 0 Å². The molecule has 2 N–H and O–H groups in total. The highest BCUT2D eigenvalue weighted by molar-refractivity contribution is 5.93. The van der Waals surface area contributed by atoms with Gasteiger partial charge in [-0.25, -0.2) is 9.97 Å². The van der Waals surface area contributed by atoms with Crippen molar-refractivity contribution in [2.45, 2.75) is 70.8 Å². The number of amides is 1. The zero-order chi connectivity index (χ0) is 15.6. The largest absolute Gasteiger partial charge is 0.354 e. The molecule has 0 spiro atoms. The summed E-state index contributed by atoms with van der Waals surface area (Å²) < 4.78 is 0. The maximum Gasteiger partial charge on any atom is 0.254 e. The van der Waals surface area contributed by atoms with Crippen molar-refractivity contribution in [3.8, 4) is 0 Å². The van der Waals surface area contributed by atoms with E-state index in [0.717, 1.165) is 25.8 Å². The Bertz CT molecular complexity index is 438. The zero-order valence-electron chi connectivity index (χ0n) is 13.6. The van der Waals surface area contributed by atoms with Gasteiger partial charge in [-0.3, -0.25) is 4.79 Å². The summed E-state index contributed by atoms with van der Waals surface area (Å²) in [6, 6.07) is 0.307. The molecule has 0 unspecified atom stereocenters. The molecule has 2 rings (SSSR count). The van der Waals surface area contributed by atoms with E-state index in [2.05, 4.69) is 27.5 Å². The van der Waals surface area contributed by atoms with Crippen LogP contribution >= 0.6 is 0 Å². The maximum absolute atomic E-state index is 12.2. The molecule has 1 aliphatic rings. The maximum atomic E-state index is 12.2. The van der Waals surface area contributed by atoms with Crippen LogP contribution in [0.1, 0.15) is 75.1 Å². The van der Waals surface area contributed by atoms with Crippen LogP contribution in [0.3, 0.4) is 0 Å².